The molecule has 0 unspecified atom stereocenters. The minimum atomic E-state index is 1.10. The van der Waals surface area contributed by atoms with Crippen LogP contribution in [0.2, 0.25) is 0 Å². The van der Waals surface area contributed by atoms with E-state index in [1.807, 2.05) is 29.1 Å². The van der Waals surface area contributed by atoms with E-state index in [2.05, 4.69) is 42.4 Å². The molecule has 0 saturated heterocycles. The highest BCUT2D eigenvalue weighted by atomic mass is 15.3. The molecule has 0 radical (unpaired) electrons. The third kappa shape index (κ3) is 1.39. The van der Waals surface area contributed by atoms with Crippen molar-refractivity contribution < 1.29 is 0 Å². The molecule has 1 heterocycles. The topological polar surface area (TPSA) is 17.8 Å². The second-order valence-corrected chi connectivity index (χ2v) is 3.95. The first-order valence-corrected chi connectivity index (χ1v) is 5.34. The summed E-state index contributed by atoms with van der Waals surface area (Å²) in [5.74, 6) is 0. The van der Waals surface area contributed by atoms with Crippen LogP contribution in [0.25, 0.3) is 16.6 Å². The van der Waals surface area contributed by atoms with Crippen molar-refractivity contribution in [3.05, 3.63) is 60.3 Å². The van der Waals surface area contributed by atoms with Gasteiger partial charge in [0.25, 0.3) is 0 Å². The molecule has 0 atom stereocenters. The Hall–Kier alpha value is -2.09. The quantitative estimate of drug-likeness (QED) is 0.599. The van der Waals surface area contributed by atoms with Crippen molar-refractivity contribution in [3.63, 3.8) is 0 Å². The van der Waals surface area contributed by atoms with E-state index in [0.29, 0.717) is 0 Å². The van der Waals surface area contributed by atoms with E-state index in [-0.39, 0.29) is 0 Å². The summed E-state index contributed by atoms with van der Waals surface area (Å²) in [4.78, 5) is 0. The lowest BCUT2D eigenvalue weighted by atomic mass is 10.2. The standard InChI is InChI=1S/C14H12N2/c1-11-7-8-14-12(9-11)10-15-16(14)13-5-3-2-4-6-13/h2-10H,1H3. The Morgan fingerprint density at radius 1 is 1.00 bits per heavy atom. The van der Waals surface area contributed by atoms with Gasteiger partial charge in [-0.2, -0.15) is 5.10 Å². The number of rotatable bonds is 1. The van der Waals surface area contributed by atoms with Gasteiger partial charge < -0.3 is 0 Å². The number of aromatic nitrogens is 2. The first-order valence-electron chi connectivity index (χ1n) is 5.34. The van der Waals surface area contributed by atoms with Gasteiger partial charge in [0.2, 0.25) is 0 Å². The maximum absolute atomic E-state index is 4.42. The summed E-state index contributed by atoms with van der Waals surface area (Å²) in [6, 6.07) is 16.6. The molecule has 0 fully saturated rings. The van der Waals surface area contributed by atoms with E-state index < -0.39 is 0 Å². The Morgan fingerprint density at radius 3 is 2.62 bits per heavy atom. The van der Waals surface area contributed by atoms with Crippen LogP contribution in [-0.2, 0) is 0 Å². The molecule has 0 N–H and O–H groups in total. The van der Waals surface area contributed by atoms with Crippen LogP contribution in [0.15, 0.2) is 54.7 Å². The van der Waals surface area contributed by atoms with Crippen molar-refractivity contribution in [2.24, 2.45) is 0 Å². The van der Waals surface area contributed by atoms with Gasteiger partial charge in [-0.1, -0.05) is 29.8 Å². The van der Waals surface area contributed by atoms with Gasteiger partial charge in [0, 0.05) is 5.39 Å². The van der Waals surface area contributed by atoms with Gasteiger partial charge >= 0.3 is 0 Å². The van der Waals surface area contributed by atoms with Gasteiger partial charge in [0.1, 0.15) is 0 Å². The van der Waals surface area contributed by atoms with Crippen LogP contribution in [0, 0.1) is 6.92 Å². The largest absolute Gasteiger partial charge is 0.233 e. The highest BCUT2D eigenvalue weighted by molar-refractivity contribution is 5.80. The number of aryl methyl sites for hydroxylation is 1. The fraction of sp³-hybridized carbons (Fsp3) is 0.0714. The maximum Gasteiger partial charge on any atom is 0.0741 e. The van der Waals surface area contributed by atoms with Gasteiger partial charge in [0.15, 0.2) is 0 Å². The number of nitrogens with zero attached hydrogens (tertiary/aromatic N) is 2. The molecule has 0 amide bonds. The molecule has 1 aromatic heterocycles. The molecule has 2 nitrogen and oxygen atoms in total. The van der Waals surface area contributed by atoms with Crippen LogP contribution >= 0.6 is 0 Å². The molecule has 16 heavy (non-hydrogen) atoms. The van der Waals surface area contributed by atoms with E-state index in [9.17, 15) is 0 Å². The second-order valence-electron chi connectivity index (χ2n) is 3.95. The molecule has 3 rings (SSSR count). The summed E-state index contributed by atoms with van der Waals surface area (Å²) < 4.78 is 1.97. The highest BCUT2D eigenvalue weighted by Crippen LogP contribution is 2.18. The van der Waals surface area contributed by atoms with Crippen LogP contribution < -0.4 is 0 Å². The zero-order valence-electron chi connectivity index (χ0n) is 9.09. The molecule has 0 saturated carbocycles. The molecule has 0 aliphatic carbocycles. The Labute approximate surface area is 94.1 Å². The van der Waals surface area contributed by atoms with Crippen LogP contribution in [0.4, 0.5) is 0 Å². The van der Waals surface area contributed by atoms with Crippen LogP contribution in [0.1, 0.15) is 5.56 Å². The van der Waals surface area contributed by atoms with Gasteiger partial charge in [-0.25, -0.2) is 4.68 Å². The molecular weight excluding hydrogens is 196 g/mol. The molecular formula is C14H12N2. The number of hydrogen-bond donors (Lipinski definition) is 0. The molecule has 0 bridgehead atoms. The van der Waals surface area contributed by atoms with Crippen molar-refractivity contribution >= 4 is 10.9 Å². The van der Waals surface area contributed by atoms with Crippen LogP contribution in [-0.4, -0.2) is 9.78 Å². The Kier molecular flexibility index (Phi) is 2.00. The molecule has 0 aliphatic heterocycles. The maximum atomic E-state index is 4.42. The van der Waals surface area contributed by atoms with Crippen molar-refractivity contribution in [1.82, 2.24) is 9.78 Å². The predicted molar refractivity (Wildman–Crippen MR) is 65.8 cm³/mol. The summed E-state index contributed by atoms with van der Waals surface area (Å²) in [6.07, 6.45) is 1.91. The number of hydrogen-bond acceptors (Lipinski definition) is 1. The average molecular weight is 208 g/mol. The lowest BCUT2D eigenvalue weighted by Gasteiger charge is -2.02. The summed E-state index contributed by atoms with van der Waals surface area (Å²) in [5, 5.41) is 5.61. The average Bonchev–Trinajstić information content (AvgIpc) is 2.73. The SMILES string of the molecule is Cc1ccc2c(cnn2-c2ccccc2)c1. The summed E-state index contributed by atoms with van der Waals surface area (Å²) in [5.41, 5.74) is 3.51. The number of para-hydroxylation sites is 1. The molecule has 78 valence electrons. The Morgan fingerprint density at radius 2 is 1.81 bits per heavy atom. The van der Waals surface area contributed by atoms with Crippen molar-refractivity contribution in [3.8, 4) is 5.69 Å². The van der Waals surface area contributed by atoms with E-state index >= 15 is 0 Å². The summed E-state index contributed by atoms with van der Waals surface area (Å²) in [6.45, 7) is 2.10. The van der Waals surface area contributed by atoms with Gasteiger partial charge in [-0.3, -0.25) is 0 Å². The van der Waals surface area contributed by atoms with Gasteiger partial charge in [0.05, 0.1) is 17.4 Å². The van der Waals surface area contributed by atoms with Gasteiger partial charge in [-0.15, -0.1) is 0 Å². The monoisotopic (exact) mass is 208 g/mol. The molecule has 0 aliphatic rings. The fourth-order valence-electron chi connectivity index (χ4n) is 1.93. The van der Waals surface area contributed by atoms with Crippen molar-refractivity contribution in [1.29, 1.82) is 0 Å². The lowest BCUT2D eigenvalue weighted by Crippen LogP contribution is -1.94. The smallest absolute Gasteiger partial charge is 0.0741 e. The normalized spacial score (nSPS) is 10.8. The highest BCUT2D eigenvalue weighted by Gasteiger charge is 2.03. The van der Waals surface area contributed by atoms with Crippen molar-refractivity contribution in [2.45, 2.75) is 6.92 Å². The summed E-state index contributed by atoms with van der Waals surface area (Å²) in [7, 11) is 0. The predicted octanol–water partition coefficient (Wildman–Crippen LogP) is 3.33. The lowest BCUT2D eigenvalue weighted by molar-refractivity contribution is 0.911. The summed E-state index contributed by atoms with van der Waals surface area (Å²) >= 11 is 0. The minimum Gasteiger partial charge on any atom is -0.233 e. The van der Waals surface area contributed by atoms with Crippen LogP contribution in [0.5, 0.6) is 0 Å². The molecule has 2 heteroatoms. The molecule has 2 aromatic carbocycles. The van der Waals surface area contributed by atoms with E-state index in [0.717, 1.165) is 11.2 Å². The number of fused-ring (bicyclic) bond motifs is 1. The Bertz CT molecular complexity index is 624. The third-order valence-electron chi connectivity index (χ3n) is 2.72. The third-order valence-corrected chi connectivity index (χ3v) is 2.72. The van der Waals surface area contributed by atoms with E-state index in [4.69, 9.17) is 0 Å². The van der Waals surface area contributed by atoms with E-state index in [1.54, 1.807) is 0 Å². The minimum absolute atomic E-state index is 1.10. The second kappa shape index (κ2) is 3.49. The molecule has 3 aromatic rings. The zero-order chi connectivity index (χ0) is 11.0. The first-order chi connectivity index (χ1) is 7.84. The molecule has 0 spiro atoms. The van der Waals surface area contributed by atoms with E-state index in [1.165, 1.54) is 10.9 Å². The fourth-order valence-corrected chi connectivity index (χ4v) is 1.93. The van der Waals surface area contributed by atoms with Gasteiger partial charge in [-0.05, 0) is 31.2 Å². The zero-order valence-corrected chi connectivity index (χ0v) is 9.09. The number of benzene rings is 2. The van der Waals surface area contributed by atoms with Crippen molar-refractivity contribution in [2.75, 3.05) is 0 Å². The first kappa shape index (κ1) is 9.16. The Balaban J connectivity index is 2.26. The van der Waals surface area contributed by atoms with Crippen LogP contribution in [0.3, 0.4) is 0 Å².